The number of aliphatic hydroxyl groups excluding tert-OH is 1. The van der Waals surface area contributed by atoms with Gasteiger partial charge >= 0.3 is 0 Å². The van der Waals surface area contributed by atoms with Crippen molar-refractivity contribution in [3.8, 4) is 0 Å². The number of nitrogens with zero attached hydrogens (tertiary/aromatic N) is 1. The Balaban J connectivity index is 2.81. The first-order valence-electron chi connectivity index (χ1n) is 4.50. The molecule has 0 spiro atoms. The van der Waals surface area contributed by atoms with E-state index in [1.807, 2.05) is 14.0 Å². The monoisotopic (exact) mass is 197 g/mol. The van der Waals surface area contributed by atoms with Crippen LogP contribution in [0.15, 0.2) is 16.5 Å². The topological polar surface area (TPSA) is 53.7 Å². The van der Waals surface area contributed by atoms with Crippen LogP contribution in [0.25, 0.3) is 0 Å². The number of rotatable bonds is 4. The summed E-state index contributed by atoms with van der Waals surface area (Å²) < 4.78 is 5.30. The lowest BCUT2D eigenvalue weighted by Crippen LogP contribution is -2.31. The third kappa shape index (κ3) is 2.14. The lowest BCUT2D eigenvalue weighted by molar-refractivity contribution is 0.0987. The van der Waals surface area contributed by atoms with Crippen LogP contribution in [0.1, 0.15) is 24.4 Å². The number of furan rings is 1. The number of hydrogen-bond donors (Lipinski definition) is 1. The Morgan fingerprint density at radius 2 is 2.29 bits per heavy atom. The van der Waals surface area contributed by atoms with E-state index in [2.05, 4.69) is 0 Å². The molecular formula is C10H15NO3. The molecule has 4 heteroatoms. The van der Waals surface area contributed by atoms with Crippen molar-refractivity contribution in [2.45, 2.75) is 19.9 Å². The smallest absolute Gasteiger partial charge is 0.196 e. The van der Waals surface area contributed by atoms with Crippen molar-refractivity contribution in [3.05, 3.63) is 17.9 Å². The van der Waals surface area contributed by atoms with E-state index in [0.29, 0.717) is 11.6 Å². The van der Waals surface area contributed by atoms with Crippen LogP contribution in [0, 0.1) is 0 Å². The van der Waals surface area contributed by atoms with Crippen LogP contribution in [-0.4, -0.2) is 30.6 Å². The first-order valence-corrected chi connectivity index (χ1v) is 4.50. The normalized spacial score (nSPS) is 12.6. The van der Waals surface area contributed by atoms with E-state index in [-0.39, 0.29) is 18.4 Å². The Morgan fingerprint density at radius 1 is 1.64 bits per heavy atom. The minimum atomic E-state index is -0.0960. The first kappa shape index (κ1) is 10.8. The fourth-order valence-electron chi connectivity index (χ4n) is 1.05. The van der Waals surface area contributed by atoms with Crippen molar-refractivity contribution in [1.82, 2.24) is 0 Å². The van der Waals surface area contributed by atoms with Crippen molar-refractivity contribution in [1.29, 1.82) is 0 Å². The highest BCUT2D eigenvalue weighted by molar-refractivity contribution is 5.91. The maximum absolute atomic E-state index is 11.0. The van der Waals surface area contributed by atoms with Gasteiger partial charge in [-0.3, -0.25) is 4.79 Å². The van der Waals surface area contributed by atoms with E-state index in [1.54, 1.807) is 17.0 Å². The van der Waals surface area contributed by atoms with Crippen LogP contribution in [0.4, 0.5) is 5.88 Å². The van der Waals surface area contributed by atoms with Gasteiger partial charge in [0.25, 0.3) is 0 Å². The highest BCUT2D eigenvalue weighted by Crippen LogP contribution is 2.19. The van der Waals surface area contributed by atoms with Crippen molar-refractivity contribution >= 4 is 11.7 Å². The van der Waals surface area contributed by atoms with E-state index in [0.717, 1.165) is 0 Å². The molecule has 0 saturated heterocycles. The molecule has 0 aliphatic rings. The Morgan fingerprint density at radius 3 is 2.71 bits per heavy atom. The summed E-state index contributed by atoms with van der Waals surface area (Å²) in [6.45, 7) is 3.38. The predicted octanol–water partition coefficient (Wildman–Crippen LogP) is 1.30. The molecule has 0 bridgehead atoms. The van der Waals surface area contributed by atoms with Crippen molar-refractivity contribution < 1.29 is 14.3 Å². The average Bonchev–Trinajstić information content (AvgIpc) is 2.64. The zero-order valence-corrected chi connectivity index (χ0v) is 8.65. The molecule has 0 aromatic carbocycles. The maximum atomic E-state index is 11.0. The number of Topliss-reactive ketones (excluding diaryl/α,β-unsaturated/α-hetero) is 1. The van der Waals surface area contributed by atoms with Gasteiger partial charge in [0.05, 0.1) is 12.6 Å². The molecule has 4 nitrogen and oxygen atoms in total. The summed E-state index contributed by atoms with van der Waals surface area (Å²) in [7, 11) is 1.81. The number of carbonyl (C=O) groups is 1. The average molecular weight is 197 g/mol. The Labute approximate surface area is 83.1 Å². The lowest BCUT2D eigenvalue weighted by Gasteiger charge is -2.21. The molecule has 0 amide bonds. The second-order valence-corrected chi connectivity index (χ2v) is 3.34. The van der Waals surface area contributed by atoms with Gasteiger partial charge < -0.3 is 14.4 Å². The van der Waals surface area contributed by atoms with Crippen molar-refractivity contribution in [2.24, 2.45) is 0 Å². The second-order valence-electron chi connectivity index (χ2n) is 3.34. The molecule has 1 heterocycles. The fourth-order valence-corrected chi connectivity index (χ4v) is 1.05. The molecule has 14 heavy (non-hydrogen) atoms. The Hall–Kier alpha value is -1.29. The van der Waals surface area contributed by atoms with Gasteiger partial charge in [-0.15, -0.1) is 0 Å². The molecule has 1 rings (SSSR count). The fraction of sp³-hybridized carbons (Fsp3) is 0.500. The zero-order chi connectivity index (χ0) is 10.7. The molecule has 1 aromatic rings. The summed E-state index contributed by atoms with van der Waals surface area (Å²) in [5, 5.41) is 8.93. The summed E-state index contributed by atoms with van der Waals surface area (Å²) in [4.78, 5) is 12.7. The largest absolute Gasteiger partial charge is 0.437 e. The van der Waals surface area contributed by atoms with Gasteiger partial charge in [-0.25, -0.2) is 0 Å². The minimum Gasteiger partial charge on any atom is -0.437 e. The summed E-state index contributed by atoms with van der Waals surface area (Å²) in [5.74, 6) is 0.843. The van der Waals surface area contributed by atoms with E-state index in [4.69, 9.17) is 9.52 Å². The molecule has 78 valence electrons. The molecule has 0 fully saturated rings. The highest BCUT2D eigenvalue weighted by Gasteiger charge is 2.13. The highest BCUT2D eigenvalue weighted by atomic mass is 16.4. The molecule has 1 aromatic heterocycles. The van der Waals surface area contributed by atoms with E-state index >= 15 is 0 Å². The van der Waals surface area contributed by atoms with Crippen LogP contribution >= 0.6 is 0 Å². The first-order chi connectivity index (χ1) is 6.56. The van der Waals surface area contributed by atoms with Crippen molar-refractivity contribution in [3.63, 3.8) is 0 Å². The van der Waals surface area contributed by atoms with Crippen LogP contribution < -0.4 is 4.90 Å². The van der Waals surface area contributed by atoms with Gasteiger partial charge in [0.1, 0.15) is 0 Å². The van der Waals surface area contributed by atoms with Crippen LogP contribution in [0.3, 0.4) is 0 Å². The number of aliphatic hydroxyl groups is 1. The molecule has 0 saturated carbocycles. The molecule has 1 unspecified atom stereocenters. The predicted molar refractivity (Wildman–Crippen MR) is 53.7 cm³/mol. The standard InChI is InChI=1S/C10H15NO3/c1-7(6-12)11(3)10-5-4-9(14-10)8(2)13/h4-5,7,12H,6H2,1-3H3. The van der Waals surface area contributed by atoms with Crippen molar-refractivity contribution in [2.75, 3.05) is 18.6 Å². The van der Waals surface area contributed by atoms with E-state index < -0.39 is 0 Å². The summed E-state index contributed by atoms with van der Waals surface area (Å²) in [6, 6.07) is 3.34. The summed E-state index contributed by atoms with van der Waals surface area (Å²) in [6.07, 6.45) is 0. The quantitative estimate of drug-likeness (QED) is 0.739. The molecule has 1 N–H and O–H groups in total. The number of anilines is 1. The zero-order valence-electron chi connectivity index (χ0n) is 8.65. The number of likely N-dealkylation sites (N-methyl/N-ethyl adjacent to an activating group) is 1. The van der Waals surface area contributed by atoms with Gasteiger partial charge in [0.15, 0.2) is 17.4 Å². The molecule has 0 radical (unpaired) electrons. The van der Waals surface area contributed by atoms with Crippen LogP contribution in [-0.2, 0) is 0 Å². The number of ketones is 1. The second kappa shape index (κ2) is 4.28. The number of hydrogen-bond acceptors (Lipinski definition) is 4. The molecular weight excluding hydrogens is 182 g/mol. The number of carbonyl (C=O) groups excluding carboxylic acids is 1. The third-order valence-electron chi connectivity index (χ3n) is 2.21. The lowest BCUT2D eigenvalue weighted by atomic mass is 10.3. The van der Waals surface area contributed by atoms with Gasteiger partial charge in [0, 0.05) is 20.0 Å². The minimum absolute atomic E-state index is 0.0269. The molecule has 0 aliphatic heterocycles. The van der Waals surface area contributed by atoms with Crippen LogP contribution in [0.5, 0.6) is 0 Å². The van der Waals surface area contributed by atoms with Gasteiger partial charge in [-0.05, 0) is 13.0 Å². The van der Waals surface area contributed by atoms with E-state index in [9.17, 15) is 4.79 Å². The van der Waals surface area contributed by atoms with E-state index in [1.165, 1.54) is 6.92 Å². The SMILES string of the molecule is CC(=O)c1ccc(N(C)C(C)CO)o1. The Bertz CT molecular complexity index is 319. The van der Waals surface area contributed by atoms with Gasteiger partial charge in [0.2, 0.25) is 0 Å². The third-order valence-corrected chi connectivity index (χ3v) is 2.21. The Kier molecular flexibility index (Phi) is 3.30. The van der Waals surface area contributed by atoms with Gasteiger partial charge in [-0.1, -0.05) is 0 Å². The van der Waals surface area contributed by atoms with Gasteiger partial charge in [-0.2, -0.15) is 0 Å². The molecule has 0 aliphatic carbocycles. The van der Waals surface area contributed by atoms with Crippen LogP contribution in [0.2, 0.25) is 0 Å². The summed E-state index contributed by atoms with van der Waals surface area (Å²) in [5.41, 5.74) is 0. The summed E-state index contributed by atoms with van der Waals surface area (Å²) >= 11 is 0. The maximum Gasteiger partial charge on any atom is 0.196 e. The molecule has 1 atom stereocenters.